The standard InChI is InChI=1S/C13H15NOS/c15-11-8-13(6-7-16-9-13)12(14-11)10-4-2-1-3-5-10/h1-5,12H,6-9H2,(H,14,15). The fraction of sp³-hybridized carbons (Fsp3) is 0.462. The third-order valence-electron chi connectivity index (χ3n) is 3.70. The second-order valence-electron chi connectivity index (χ2n) is 4.75. The summed E-state index contributed by atoms with van der Waals surface area (Å²) in [7, 11) is 0. The molecule has 3 rings (SSSR count). The van der Waals surface area contributed by atoms with E-state index >= 15 is 0 Å². The Hall–Kier alpha value is -0.960. The number of thioether (sulfide) groups is 1. The van der Waals surface area contributed by atoms with Gasteiger partial charge < -0.3 is 5.32 Å². The van der Waals surface area contributed by atoms with Gasteiger partial charge in [0, 0.05) is 17.6 Å². The second kappa shape index (κ2) is 3.81. The smallest absolute Gasteiger partial charge is 0.221 e. The van der Waals surface area contributed by atoms with Crippen LogP contribution in [0.4, 0.5) is 0 Å². The number of carbonyl (C=O) groups excluding carboxylic acids is 1. The minimum absolute atomic E-state index is 0.184. The van der Waals surface area contributed by atoms with Crippen LogP contribution in [0.2, 0.25) is 0 Å². The molecule has 2 aliphatic rings. The zero-order valence-electron chi connectivity index (χ0n) is 9.11. The van der Waals surface area contributed by atoms with Crippen LogP contribution >= 0.6 is 11.8 Å². The molecule has 16 heavy (non-hydrogen) atoms. The van der Waals surface area contributed by atoms with Gasteiger partial charge >= 0.3 is 0 Å². The molecule has 0 radical (unpaired) electrons. The molecular formula is C13H15NOS. The van der Waals surface area contributed by atoms with E-state index in [-0.39, 0.29) is 17.4 Å². The number of hydrogen-bond acceptors (Lipinski definition) is 2. The molecule has 2 fully saturated rings. The average molecular weight is 233 g/mol. The molecule has 1 amide bonds. The van der Waals surface area contributed by atoms with Crippen molar-refractivity contribution in [2.75, 3.05) is 11.5 Å². The maximum Gasteiger partial charge on any atom is 0.221 e. The van der Waals surface area contributed by atoms with Crippen molar-refractivity contribution in [1.29, 1.82) is 0 Å². The number of hydrogen-bond donors (Lipinski definition) is 1. The quantitative estimate of drug-likeness (QED) is 0.807. The topological polar surface area (TPSA) is 29.1 Å². The molecule has 2 nitrogen and oxygen atoms in total. The van der Waals surface area contributed by atoms with Gasteiger partial charge in [-0.2, -0.15) is 11.8 Å². The Balaban J connectivity index is 1.96. The molecular weight excluding hydrogens is 218 g/mol. The van der Waals surface area contributed by atoms with E-state index in [1.807, 2.05) is 17.8 Å². The molecule has 2 saturated heterocycles. The molecule has 84 valence electrons. The molecule has 2 aliphatic heterocycles. The molecule has 0 saturated carbocycles. The van der Waals surface area contributed by atoms with Gasteiger partial charge in [-0.3, -0.25) is 4.79 Å². The van der Waals surface area contributed by atoms with Crippen LogP contribution in [0.25, 0.3) is 0 Å². The Labute approximate surface area is 99.8 Å². The lowest BCUT2D eigenvalue weighted by atomic mass is 9.77. The number of amides is 1. The van der Waals surface area contributed by atoms with Gasteiger partial charge in [0.2, 0.25) is 5.91 Å². The number of nitrogens with one attached hydrogen (secondary N) is 1. The van der Waals surface area contributed by atoms with Crippen molar-refractivity contribution in [2.45, 2.75) is 18.9 Å². The molecule has 1 N–H and O–H groups in total. The monoisotopic (exact) mass is 233 g/mol. The van der Waals surface area contributed by atoms with E-state index in [2.05, 4.69) is 29.6 Å². The lowest BCUT2D eigenvalue weighted by Crippen LogP contribution is -2.29. The summed E-state index contributed by atoms with van der Waals surface area (Å²) in [5.41, 5.74) is 1.44. The first-order chi connectivity index (χ1) is 7.80. The predicted molar refractivity (Wildman–Crippen MR) is 66.3 cm³/mol. The summed E-state index contributed by atoms with van der Waals surface area (Å²) in [4.78, 5) is 11.7. The summed E-state index contributed by atoms with van der Waals surface area (Å²) < 4.78 is 0. The van der Waals surface area contributed by atoms with Gasteiger partial charge in [-0.15, -0.1) is 0 Å². The summed E-state index contributed by atoms with van der Waals surface area (Å²) in [6, 6.07) is 10.6. The first kappa shape index (κ1) is 10.2. The van der Waals surface area contributed by atoms with Crippen LogP contribution in [0, 0.1) is 5.41 Å². The Morgan fingerprint density at radius 2 is 2.12 bits per heavy atom. The summed E-state index contributed by atoms with van der Waals surface area (Å²) >= 11 is 1.98. The summed E-state index contributed by atoms with van der Waals surface area (Å²) in [6.07, 6.45) is 1.87. The summed E-state index contributed by atoms with van der Waals surface area (Å²) in [5, 5.41) is 3.15. The van der Waals surface area contributed by atoms with Crippen LogP contribution < -0.4 is 5.32 Å². The predicted octanol–water partition coefficient (Wildman–Crippen LogP) is 2.37. The normalized spacial score (nSPS) is 33.2. The highest BCUT2D eigenvalue weighted by Crippen LogP contribution is 2.51. The van der Waals surface area contributed by atoms with Gasteiger partial charge in [0.1, 0.15) is 0 Å². The van der Waals surface area contributed by atoms with E-state index in [0.29, 0.717) is 6.42 Å². The molecule has 1 aromatic carbocycles. The molecule has 1 aromatic rings. The Morgan fingerprint density at radius 3 is 2.81 bits per heavy atom. The van der Waals surface area contributed by atoms with Crippen LogP contribution in [0.3, 0.4) is 0 Å². The molecule has 1 spiro atoms. The molecule has 0 aromatic heterocycles. The van der Waals surface area contributed by atoms with Crippen molar-refractivity contribution in [3.63, 3.8) is 0 Å². The first-order valence-electron chi connectivity index (χ1n) is 5.72. The van der Waals surface area contributed by atoms with Gasteiger partial charge in [0.25, 0.3) is 0 Å². The van der Waals surface area contributed by atoms with Crippen molar-refractivity contribution in [3.05, 3.63) is 35.9 Å². The van der Waals surface area contributed by atoms with E-state index in [1.54, 1.807) is 0 Å². The van der Waals surface area contributed by atoms with Crippen molar-refractivity contribution in [3.8, 4) is 0 Å². The third-order valence-corrected chi connectivity index (χ3v) is 4.97. The molecule has 2 heterocycles. The molecule has 0 aliphatic carbocycles. The lowest BCUT2D eigenvalue weighted by molar-refractivity contribution is -0.119. The van der Waals surface area contributed by atoms with Crippen LogP contribution in [-0.2, 0) is 4.79 Å². The van der Waals surface area contributed by atoms with Crippen molar-refractivity contribution >= 4 is 17.7 Å². The van der Waals surface area contributed by atoms with Gasteiger partial charge in [-0.1, -0.05) is 30.3 Å². The number of rotatable bonds is 1. The number of benzene rings is 1. The van der Waals surface area contributed by atoms with Gasteiger partial charge in [-0.05, 0) is 17.7 Å². The molecule has 0 bridgehead atoms. The minimum Gasteiger partial charge on any atom is -0.349 e. The van der Waals surface area contributed by atoms with E-state index in [4.69, 9.17) is 0 Å². The van der Waals surface area contributed by atoms with E-state index < -0.39 is 0 Å². The fourth-order valence-corrected chi connectivity index (χ4v) is 4.37. The minimum atomic E-state index is 0.184. The Morgan fingerprint density at radius 1 is 1.31 bits per heavy atom. The van der Waals surface area contributed by atoms with E-state index in [0.717, 1.165) is 12.2 Å². The maximum absolute atomic E-state index is 11.7. The van der Waals surface area contributed by atoms with E-state index in [1.165, 1.54) is 11.3 Å². The molecule has 2 atom stereocenters. The highest BCUT2D eigenvalue weighted by molar-refractivity contribution is 7.99. The van der Waals surface area contributed by atoms with Crippen molar-refractivity contribution in [1.82, 2.24) is 5.32 Å². The first-order valence-corrected chi connectivity index (χ1v) is 6.88. The Bertz CT molecular complexity index is 398. The van der Waals surface area contributed by atoms with Gasteiger partial charge in [0.05, 0.1) is 6.04 Å². The fourth-order valence-electron chi connectivity index (χ4n) is 2.86. The van der Waals surface area contributed by atoms with Crippen LogP contribution in [0.1, 0.15) is 24.4 Å². The average Bonchev–Trinajstić information content (AvgIpc) is 2.89. The van der Waals surface area contributed by atoms with Crippen molar-refractivity contribution in [2.24, 2.45) is 5.41 Å². The van der Waals surface area contributed by atoms with Crippen LogP contribution in [-0.4, -0.2) is 17.4 Å². The second-order valence-corrected chi connectivity index (χ2v) is 5.86. The highest BCUT2D eigenvalue weighted by Gasteiger charge is 2.49. The maximum atomic E-state index is 11.7. The molecule has 3 heteroatoms. The van der Waals surface area contributed by atoms with Crippen LogP contribution in [0.5, 0.6) is 0 Å². The van der Waals surface area contributed by atoms with Crippen LogP contribution in [0.15, 0.2) is 30.3 Å². The largest absolute Gasteiger partial charge is 0.349 e. The SMILES string of the molecule is O=C1CC2(CCSC2)C(c2ccccc2)N1. The van der Waals surface area contributed by atoms with E-state index in [9.17, 15) is 4.79 Å². The third kappa shape index (κ3) is 1.54. The van der Waals surface area contributed by atoms with Gasteiger partial charge in [0.15, 0.2) is 0 Å². The summed E-state index contributed by atoms with van der Waals surface area (Å²) in [6.45, 7) is 0. The highest BCUT2D eigenvalue weighted by atomic mass is 32.2. The zero-order chi connectivity index (χ0) is 11.0. The molecule has 2 unspecified atom stereocenters. The Kier molecular flexibility index (Phi) is 2.43. The summed E-state index contributed by atoms with van der Waals surface area (Å²) in [5.74, 6) is 2.53. The number of carbonyl (C=O) groups is 1. The lowest BCUT2D eigenvalue weighted by Gasteiger charge is -2.29. The van der Waals surface area contributed by atoms with Crippen molar-refractivity contribution < 1.29 is 4.79 Å². The zero-order valence-corrected chi connectivity index (χ0v) is 9.93. The van der Waals surface area contributed by atoms with Gasteiger partial charge in [-0.25, -0.2) is 0 Å².